The number of anilines is 1. The normalized spacial score (nSPS) is 10.8. The van der Waals surface area contributed by atoms with Crippen molar-refractivity contribution in [2.24, 2.45) is 0 Å². The molecule has 0 aromatic heterocycles. The third-order valence-corrected chi connectivity index (χ3v) is 3.42. The zero-order valence-electron chi connectivity index (χ0n) is 11.1. The van der Waals surface area contributed by atoms with E-state index in [1.54, 1.807) is 12.1 Å². The van der Waals surface area contributed by atoms with Gasteiger partial charge >= 0.3 is 0 Å². The monoisotopic (exact) mass is 266 g/mol. The van der Waals surface area contributed by atoms with E-state index in [2.05, 4.69) is 5.32 Å². The summed E-state index contributed by atoms with van der Waals surface area (Å²) in [6.07, 6.45) is 0. The molecule has 0 amide bonds. The SMILES string of the molecule is CCNc1c2ccccc2cc2cccc([N+](=O)[O-])c12. The average Bonchev–Trinajstić information content (AvgIpc) is 2.46. The van der Waals surface area contributed by atoms with Crippen LogP contribution in [-0.2, 0) is 0 Å². The molecule has 100 valence electrons. The van der Waals surface area contributed by atoms with E-state index in [1.807, 2.05) is 43.3 Å². The van der Waals surface area contributed by atoms with Crippen LogP contribution in [0.4, 0.5) is 11.4 Å². The fourth-order valence-electron chi connectivity index (χ4n) is 2.62. The van der Waals surface area contributed by atoms with Crippen LogP contribution in [0.1, 0.15) is 6.92 Å². The van der Waals surface area contributed by atoms with Gasteiger partial charge in [-0.05, 0) is 23.8 Å². The lowest BCUT2D eigenvalue weighted by molar-refractivity contribution is -0.383. The van der Waals surface area contributed by atoms with Crippen molar-refractivity contribution in [2.75, 3.05) is 11.9 Å². The van der Waals surface area contributed by atoms with Crippen molar-refractivity contribution in [2.45, 2.75) is 6.92 Å². The minimum Gasteiger partial charge on any atom is -0.384 e. The standard InChI is InChI=1S/C16H14N2O2/c1-2-17-16-13-8-4-3-6-11(13)10-12-7-5-9-14(15(12)16)18(19)20/h3-10,17H,2H2,1H3. The molecule has 0 saturated carbocycles. The topological polar surface area (TPSA) is 55.2 Å². The van der Waals surface area contributed by atoms with Crippen molar-refractivity contribution in [1.29, 1.82) is 0 Å². The van der Waals surface area contributed by atoms with Gasteiger partial charge in [-0.3, -0.25) is 10.1 Å². The average molecular weight is 266 g/mol. The molecule has 3 aromatic carbocycles. The largest absolute Gasteiger partial charge is 0.384 e. The van der Waals surface area contributed by atoms with Crippen molar-refractivity contribution in [3.05, 3.63) is 58.6 Å². The first-order valence-corrected chi connectivity index (χ1v) is 6.55. The second-order valence-corrected chi connectivity index (χ2v) is 4.64. The molecule has 3 rings (SSSR count). The maximum Gasteiger partial charge on any atom is 0.279 e. The number of nitro benzene ring substituents is 1. The molecule has 4 heteroatoms. The van der Waals surface area contributed by atoms with E-state index < -0.39 is 0 Å². The van der Waals surface area contributed by atoms with Crippen LogP contribution in [0.25, 0.3) is 21.5 Å². The molecule has 0 unspecified atom stereocenters. The Labute approximate surface area is 116 Å². The van der Waals surface area contributed by atoms with Gasteiger partial charge in [0.2, 0.25) is 0 Å². The van der Waals surface area contributed by atoms with E-state index in [-0.39, 0.29) is 10.6 Å². The van der Waals surface area contributed by atoms with Gasteiger partial charge in [-0.2, -0.15) is 0 Å². The Bertz CT molecular complexity index is 812. The molecule has 0 radical (unpaired) electrons. The minimum absolute atomic E-state index is 0.143. The van der Waals surface area contributed by atoms with E-state index in [1.165, 1.54) is 0 Å². The second-order valence-electron chi connectivity index (χ2n) is 4.64. The number of non-ortho nitro benzene ring substituents is 1. The van der Waals surface area contributed by atoms with Crippen LogP contribution in [0.5, 0.6) is 0 Å². The summed E-state index contributed by atoms with van der Waals surface area (Å²) in [6, 6.07) is 15.1. The molecule has 0 aliphatic rings. The van der Waals surface area contributed by atoms with Crippen LogP contribution in [-0.4, -0.2) is 11.5 Å². The fraction of sp³-hybridized carbons (Fsp3) is 0.125. The van der Waals surface area contributed by atoms with Crippen molar-refractivity contribution in [3.8, 4) is 0 Å². The highest BCUT2D eigenvalue weighted by Crippen LogP contribution is 2.37. The Morgan fingerprint density at radius 1 is 1.10 bits per heavy atom. The van der Waals surface area contributed by atoms with Crippen LogP contribution >= 0.6 is 0 Å². The lowest BCUT2D eigenvalue weighted by atomic mass is 9.99. The summed E-state index contributed by atoms with van der Waals surface area (Å²) in [6.45, 7) is 2.71. The van der Waals surface area contributed by atoms with Crippen molar-refractivity contribution in [3.63, 3.8) is 0 Å². The molecule has 0 saturated heterocycles. The van der Waals surface area contributed by atoms with Gasteiger partial charge in [-0.25, -0.2) is 0 Å². The predicted molar refractivity (Wildman–Crippen MR) is 82.3 cm³/mol. The van der Waals surface area contributed by atoms with E-state index in [0.29, 0.717) is 5.39 Å². The highest BCUT2D eigenvalue weighted by molar-refractivity contribution is 6.14. The molecule has 1 N–H and O–H groups in total. The van der Waals surface area contributed by atoms with Gasteiger partial charge < -0.3 is 5.32 Å². The zero-order valence-corrected chi connectivity index (χ0v) is 11.1. The molecule has 20 heavy (non-hydrogen) atoms. The molecular formula is C16H14N2O2. The number of nitrogens with one attached hydrogen (secondary N) is 1. The van der Waals surface area contributed by atoms with Gasteiger partial charge in [0.15, 0.2) is 0 Å². The predicted octanol–water partition coefficient (Wildman–Crippen LogP) is 4.33. The van der Waals surface area contributed by atoms with Gasteiger partial charge in [0.25, 0.3) is 5.69 Å². The summed E-state index contributed by atoms with van der Waals surface area (Å²) in [7, 11) is 0. The van der Waals surface area contributed by atoms with Gasteiger partial charge in [0.1, 0.15) is 0 Å². The molecule has 0 atom stereocenters. The summed E-state index contributed by atoms with van der Waals surface area (Å²) in [5, 5.41) is 18.2. The van der Waals surface area contributed by atoms with E-state index in [9.17, 15) is 10.1 Å². The van der Waals surface area contributed by atoms with E-state index >= 15 is 0 Å². The number of nitrogens with zero attached hydrogens (tertiary/aromatic N) is 1. The lowest BCUT2D eigenvalue weighted by Gasteiger charge is -2.12. The summed E-state index contributed by atoms with van der Waals surface area (Å²) in [5.41, 5.74) is 0.983. The highest BCUT2D eigenvalue weighted by atomic mass is 16.6. The summed E-state index contributed by atoms with van der Waals surface area (Å²) in [4.78, 5) is 11.0. The van der Waals surface area contributed by atoms with Crippen LogP contribution in [0.15, 0.2) is 48.5 Å². The van der Waals surface area contributed by atoms with Gasteiger partial charge in [0.05, 0.1) is 16.0 Å². The molecule has 0 bridgehead atoms. The lowest BCUT2D eigenvalue weighted by Crippen LogP contribution is -2.00. The first kappa shape index (κ1) is 12.4. The molecule has 3 aromatic rings. The second kappa shape index (κ2) is 4.81. The maximum atomic E-state index is 11.3. The number of fused-ring (bicyclic) bond motifs is 2. The third-order valence-electron chi connectivity index (χ3n) is 3.42. The molecule has 4 nitrogen and oxygen atoms in total. The van der Waals surface area contributed by atoms with Gasteiger partial charge in [0, 0.05) is 18.0 Å². The van der Waals surface area contributed by atoms with Crippen LogP contribution < -0.4 is 5.32 Å². The van der Waals surface area contributed by atoms with Crippen LogP contribution in [0.3, 0.4) is 0 Å². The molecular weight excluding hydrogens is 252 g/mol. The number of hydrogen-bond donors (Lipinski definition) is 1. The fourth-order valence-corrected chi connectivity index (χ4v) is 2.62. The van der Waals surface area contributed by atoms with E-state index in [0.717, 1.165) is 28.4 Å². The van der Waals surface area contributed by atoms with Crippen LogP contribution in [0.2, 0.25) is 0 Å². The first-order chi connectivity index (χ1) is 9.72. The van der Waals surface area contributed by atoms with Gasteiger partial charge in [-0.15, -0.1) is 0 Å². The minimum atomic E-state index is -0.321. The van der Waals surface area contributed by atoms with Gasteiger partial charge in [-0.1, -0.05) is 36.4 Å². The summed E-state index contributed by atoms with van der Waals surface area (Å²) < 4.78 is 0. The van der Waals surface area contributed by atoms with Crippen molar-refractivity contribution < 1.29 is 4.92 Å². The smallest absolute Gasteiger partial charge is 0.279 e. The number of hydrogen-bond acceptors (Lipinski definition) is 3. The Morgan fingerprint density at radius 2 is 1.85 bits per heavy atom. The molecule has 0 spiro atoms. The Morgan fingerprint density at radius 3 is 2.60 bits per heavy atom. The number of benzene rings is 3. The maximum absolute atomic E-state index is 11.3. The molecule has 0 heterocycles. The first-order valence-electron chi connectivity index (χ1n) is 6.55. The Hall–Kier alpha value is -2.62. The number of nitro groups is 1. The van der Waals surface area contributed by atoms with E-state index in [4.69, 9.17) is 0 Å². The number of rotatable bonds is 3. The van der Waals surface area contributed by atoms with Crippen molar-refractivity contribution >= 4 is 32.9 Å². The Balaban J connectivity index is 2.52. The molecule has 0 fully saturated rings. The summed E-state index contributed by atoms with van der Waals surface area (Å²) >= 11 is 0. The summed E-state index contributed by atoms with van der Waals surface area (Å²) in [5.74, 6) is 0. The van der Waals surface area contributed by atoms with Crippen LogP contribution in [0, 0.1) is 10.1 Å². The molecule has 0 aliphatic heterocycles. The third kappa shape index (κ3) is 1.86. The zero-order chi connectivity index (χ0) is 14.1. The Kier molecular flexibility index (Phi) is 2.99. The van der Waals surface area contributed by atoms with Crippen molar-refractivity contribution in [1.82, 2.24) is 0 Å². The highest BCUT2D eigenvalue weighted by Gasteiger charge is 2.17. The quantitative estimate of drug-likeness (QED) is 0.436. The molecule has 0 aliphatic carbocycles.